The Morgan fingerprint density at radius 2 is 1.95 bits per heavy atom. The molecule has 0 aromatic carbocycles. The summed E-state index contributed by atoms with van der Waals surface area (Å²) in [6, 6.07) is 0. The number of likely N-dealkylation sites (tertiary alicyclic amines) is 1. The van der Waals surface area contributed by atoms with E-state index in [2.05, 4.69) is 0 Å². The first-order valence-electron chi connectivity index (χ1n) is 7.27. The van der Waals surface area contributed by atoms with Crippen LogP contribution in [-0.2, 0) is 14.6 Å². The third-order valence-electron chi connectivity index (χ3n) is 4.25. The second kappa shape index (κ2) is 6.02. The zero-order valence-corrected chi connectivity index (χ0v) is 13.8. The summed E-state index contributed by atoms with van der Waals surface area (Å²) in [5.41, 5.74) is -0.859. The number of carboxylic acids is 1. The second-order valence-electron chi connectivity index (χ2n) is 6.61. The summed E-state index contributed by atoms with van der Waals surface area (Å²) >= 11 is 0. The van der Waals surface area contributed by atoms with Gasteiger partial charge in [-0.2, -0.15) is 0 Å². The molecule has 0 aromatic heterocycles. The van der Waals surface area contributed by atoms with Crippen LogP contribution in [0.5, 0.6) is 0 Å². The third kappa shape index (κ3) is 3.34. The van der Waals surface area contributed by atoms with Gasteiger partial charge in [-0.1, -0.05) is 13.3 Å². The fourth-order valence-corrected chi connectivity index (χ4v) is 3.92. The van der Waals surface area contributed by atoms with E-state index in [1.54, 1.807) is 20.8 Å². The van der Waals surface area contributed by atoms with Crippen LogP contribution in [0.2, 0.25) is 0 Å². The van der Waals surface area contributed by atoms with Gasteiger partial charge in [0.25, 0.3) is 0 Å². The lowest BCUT2D eigenvalue weighted by Crippen LogP contribution is -2.52. The van der Waals surface area contributed by atoms with Gasteiger partial charge in [0.2, 0.25) is 0 Å². The first-order valence-corrected chi connectivity index (χ1v) is 8.93. The molecule has 1 saturated heterocycles. The van der Waals surface area contributed by atoms with Crippen molar-refractivity contribution in [2.75, 3.05) is 18.8 Å². The van der Waals surface area contributed by atoms with E-state index in [1.165, 1.54) is 0 Å². The van der Waals surface area contributed by atoms with Crippen molar-refractivity contribution in [3.05, 3.63) is 0 Å². The molecule has 1 aliphatic rings. The van der Waals surface area contributed by atoms with Gasteiger partial charge in [0.1, 0.15) is 5.54 Å². The van der Waals surface area contributed by atoms with E-state index in [0.717, 1.165) is 12.8 Å². The molecule has 0 spiro atoms. The zero-order valence-electron chi connectivity index (χ0n) is 13.0. The fourth-order valence-electron chi connectivity index (χ4n) is 2.84. The summed E-state index contributed by atoms with van der Waals surface area (Å²) in [7, 11) is -3.21. The predicted molar refractivity (Wildman–Crippen MR) is 79.6 cm³/mol. The largest absolute Gasteiger partial charge is 0.480 e. The smallest absolute Gasteiger partial charge is 0.324 e. The Hall–Kier alpha value is -0.620. The lowest BCUT2D eigenvalue weighted by Gasteiger charge is -2.35. The minimum atomic E-state index is -3.21. The highest BCUT2D eigenvalue weighted by atomic mass is 32.2. The summed E-state index contributed by atoms with van der Waals surface area (Å²) in [6.07, 6.45) is 2.81. The number of hydrogen-bond acceptors (Lipinski definition) is 4. The molecule has 0 saturated carbocycles. The number of carbonyl (C=O) groups is 1. The molecule has 0 aliphatic carbocycles. The van der Waals surface area contributed by atoms with Crippen molar-refractivity contribution >= 4 is 15.8 Å². The highest BCUT2D eigenvalue weighted by Gasteiger charge is 2.47. The third-order valence-corrected chi connectivity index (χ3v) is 6.83. The average Bonchev–Trinajstić information content (AvgIpc) is 2.70. The normalized spacial score (nSPS) is 25.0. The number of hydrogen-bond donors (Lipinski definition) is 1. The predicted octanol–water partition coefficient (Wildman–Crippen LogP) is 1.92. The van der Waals surface area contributed by atoms with Crippen molar-refractivity contribution in [1.82, 2.24) is 4.90 Å². The van der Waals surface area contributed by atoms with Crippen LogP contribution < -0.4 is 0 Å². The molecule has 1 fully saturated rings. The second-order valence-corrected chi connectivity index (χ2v) is 9.47. The number of nitrogens with zero attached hydrogens (tertiary/aromatic N) is 1. The molecular formula is C14H27NO4S. The quantitative estimate of drug-likeness (QED) is 0.811. The average molecular weight is 305 g/mol. The van der Waals surface area contributed by atoms with Gasteiger partial charge < -0.3 is 5.11 Å². The van der Waals surface area contributed by atoms with Gasteiger partial charge in [-0.25, -0.2) is 8.42 Å². The van der Waals surface area contributed by atoms with E-state index in [0.29, 0.717) is 25.9 Å². The Balaban J connectivity index is 2.84. The Kier molecular flexibility index (Phi) is 5.24. The molecule has 1 aliphatic heterocycles. The Morgan fingerprint density at radius 1 is 1.35 bits per heavy atom. The van der Waals surface area contributed by atoms with E-state index in [4.69, 9.17) is 0 Å². The molecule has 20 heavy (non-hydrogen) atoms. The lowest BCUT2D eigenvalue weighted by atomic mass is 9.91. The topological polar surface area (TPSA) is 74.7 Å². The van der Waals surface area contributed by atoms with Crippen molar-refractivity contribution in [3.8, 4) is 0 Å². The van der Waals surface area contributed by atoms with Gasteiger partial charge in [-0.15, -0.1) is 0 Å². The molecule has 0 aromatic rings. The Labute approximate surface area is 122 Å². The Morgan fingerprint density at radius 3 is 2.40 bits per heavy atom. The molecule has 1 N–H and O–H groups in total. The van der Waals surface area contributed by atoms with Crippen molar-refractivity contribution in [3.63, 3.8) is 0 Å². The van der Waals surface area contributed by atoms with Gasteiger partial charge in [-0.3, -0.25) is 9.69 Å². The van der Waals surface area contributed by atoms with Crippen LogP contribution in [0.4, 0.5) is 0 Å². The van der Waals surface area contributed by atoms with Gasteiger partial charge in [0.05, 0.1) is 10.5 Å². The SMILES string of the molecule is CCCC1(C(=O)O)CCCN1CCS(=O)(=O)C(C)(C)C. The number of rotatable bonds is 6. The maximum atomic E-state index is 12.2. The first-order chi connectivity index (χ1) is 9.07. The first kappa shape index (κ1) is 17.4. The van der Waals surface area contributed by atoms with Gasteiger partial charge >= 0.3 is 5.97 Å². The molecule has 0 amide bonds. The lowest BCUT2D eigenvalue weighted by molar-refractivity contribution is -0.150. The highest BCUT2D eigenvalue weighted by Crippen LogP contribution is 2.34. The van der Waals surface area contributed by atoms with Crippen molar-refractivity contribution < 1.29 is 18.3 Å². The summed E-state index contributed by atoms with van der Waals surface area (Å²) in [5.74, 6) is -0.792. The molecule has 6 heteroatoms. The van der Waals surface area contributed by atoms with E-state index >= 15 is 0 Å². The molecule has 0 bridgehead atoms. The van der Waals surface area contributed by atoms with Crippen LogP contribution in [0.1, 0.15) is 53.4 Å². The van der Waals surface area contributed by atoms with E-state index in [1.807, 2.05) is 11.8 Å². The number of aliphatic carboxylic acids is 1. The summed E-state index contributed by atoms with van der Waals surface area (Å²) in [4.78, 5) is 13.5. The van der Waals surface area contributed by atoms with E-state index in [-0.39, 0.29) is 5.75 Å². The number of carboxylic acid groups (broad SMARTS) is 1. The molecule has 1 rings (SSSR count). The van der Waals surface area contributed by atoms with Crippen LogP contribution in [0.3, 0.4) is 0 Å². The van der Waals surface area contributed by atoms with Gasteiger partial charge in [-0.05, 0) is 46.6 Å². The highest BCUT2D eigenvalue weighted by molar-refractivity contribution is 7.92. The maximum Gasteiger partial charge on any atom is 0.324 e. The Bertz CT molecular complexity index is 452. The summed E-state index contributed by atoms with van der Waals surface area (Å²) in [6.45, 7) is 8.00. The van der Waals surface area contributed by atoms with Crippen molar-refractivity contribution in [1.29, 1.82) is 0 Å². The molecule has 0 radical (unpaired) electrons. The maximum absolute atomic E-state index is 12.2. The van der Waals surface area contributed by atoms with E-state index < -0.39 is 26.1 Å². The molecule has 118 valence electrons. The molecule has 1 unspecified atom stereocenters. The molecule has 1 heterocycles. The van der Waals surface area contributed by atoms with Gasteiger partial charge in [0, 0.05) is 6.54 Å². The van der Waals surface area contributed by atoms with Crippen LogP contribution >= 0.6 is 0 Å². The molecule has 1 atom stereocenters. The van der Waals surface area contributed by atoms with Crippen molar-refractivity contribution in [2.45, 2.75) is 63.7 Å². The van der Waals surface area contributed by atoms with Crippen LogP contribution in [0.25, 0.3) is 0 Å². The van der Waals surface area contributed by atoms with Crippen LogP contribution in [0.15, 0.2) is 0 Å². The van der Waals surface area contributed by atoms with E-state index in [9.17, 15) is 18.3 Å². The zero-order chi connectivity index (χ0) is 15.6. The number of sulfone groups is 1. The fraction of sp³-hybridized carbons (Fsp3) is 0.929. The molecular weight excluding hydrogens is 278 g/mol. The van der Waals surface area contributed by atoms with Crippen LogP contribution in [-0.4, -0.2) is 53.5 Å². The summed E-state index contributed by atoms with van der Waals surface area (Å²) in [5, 5.41) is 9.56. The van der Waals surface area contributed by atoms with Crippen LogP contribution in [0, 0.1) is 0 Å². The minimum Gasteiger partial charge on any atom is -0.480 e. The monoisotopic (exact) mass is 305 g/mol. The summed E-state index contributed by atoms with van der Waals surface area (Å²) < 4.78 is 23.6. The molecule has 5 nitrogen and oxygen atoms in total. The standard InChI is InChI=1S/C14H27NO4S/c1-5-7-14(12(16)17)8-6-9-15(14)10-11-20(18,19)13(2,3)4/h5-11H2,1-4H3,(H,16,17). The minimum absolute atomic E-state index is 0.0231. The van der Waals surface area contributed by atoms with Crippen molar-refractivity contribution in [2.24, 2.45) is 0 Å². The van der Waals surface area contributed by atoms with Gasteiger partial charge in [0.15, 0.2) is 9.84 Å².